The highest BCUT2D eigenvalue weighted by Gasteiger charge is 2.46. The van der Waals surface area contributed by atoms with Gasteiger partial charge in [-0.15, -0.1) is 0 Å². The molecule has 1 fully saturated rings. The van der Waals surface area contributed by atoms with Crippen molar-refractivity contribution in [2.75, 3.05) is 0 Å². The van der Waals surface area contributed by atoms with E-state index < -0.39 is 36.0 Å². The summed E-state index contributed by atoms with van der Waals surface area (Å²) >= 11 is 0. The van der Waals surface area contributed by atoms with Gasteiger partial charge in [-0.2, -0.15) is 13.2 Å². The predicted octanol–water partition coefficient (Wildman–Crippen LogP) is 4.07. The summed E-state index contributed by atoms with van der Waals surface area (Å²) in [6.45, 7) is 3.83. The van der Waals surface area contributed by atoms with Crippen LogP contribution in [-0.4, -0.2) is 24.0 Å². The van der Waals surface area contributed by atoms with Gasteiger partial charge < -0.3 is 15.4 Å². The number of alkyl halides is 3. The second kappa shape index (κ2) is 7.34. The SMILES string of the molecule is Cc1ccc2c(c1)C(NC(=O)C1CCC(C(F)(F)F)NC1=O)c1cc(C)ccc1O2. The summed E-state index contributed by atoms with van der Waals surface area (Å²) in [6, 6.07) is 8.72. The molecule has 5 nitrogen and oxygen atoms in total. The van der Waals surface area contributed by atoms with Crippen LogP contribution in [-0.2, 0) is 9.59 Å². The quantitative estimate of drug-likeness (QED) is 0.723. The standard InChI is InChI=1S/C22H21F3N2O3/c1-11-3-6-16-14(9-11)19(15-10-12(2)4-7-17(15)30-16)27-21(29)13-5-8-18(22(23,24)25)26-20(13)28/h3-4,6-7,9-10,13,18-19H,5,8H2,1-2H3,(H,26,28)(H,27,29). The van der Waals surface area contributed by atoms with Gasteiger partial charge >= 0.3 is 6.18 Å². The minimum absolute atomic E-state index is 0.160. The molecule has 2 N–H and O–H groups in total. The molecular formula is C22H21F3N2O3. The van der Waals surface area contributed by atoms with Crippen molar-refractivity contribution in [3.05, 3.63) is 58.7 Å². The number of rotatable bonds is 2. The Labute approximate surface area is 171 Å². The molecule has 2 amide bonds. The molecule has 0 spiro atoms. The fourth-order valence-corrected chi connectivity index (χ4v) is 3.96. The van der Waals surface area contributed by atoms with E-state index >= 15 is 0 Å². The number of halogens is 3. The van der Waals surface area contributed by atoms with Gasteiger partial charge in [0.15, 0.2) is 0 Å². The highest BCUT2D eigenvalue weighted by Crippen LogP contribution is 2.43. The molecule has 1 saturated heterocycles. The zero-order valence-electron chi connectivity index (χ0n) is 16.5. The van der Waals surface area contributed by atoms with Crippen LogP contribution < -0.4 is 15.4 Å². The average Bonchev–Trinajstić information content (AvgIpc) is 2.67. The fraction of sp³-hybridized carbons (Fsp3) is 0.364. The maximum atomic E-state index is 12.9. The molecule has 0 radical (unpaired) electrons. The Morgan fingerprint density at radius 2 is 1.60 bits per heavy atom. The number of aryl methyl sites for hydroxylation is 2. The molecule has 2 unspecified atom stereocenters. The number of fused-ring (bicyclic) bond motifs is 2. The summed E-state index contributed by atoms with van der Waals surface area (Å²) in [6.07, 6.45) is -5.01. The number of ether oxygens (including phenoxy) is 1. The van der Waals surface area contributed by atoms with Gasteiger partial charge in [0.05, 0.1) is 6.04 Å². The van der Waals surface area contributed by atoms with E-state index in [9.17, 15) is 22.8 Å². The topological polar surface area (TPSA) is 67.4 Å². The Bertz CT molecular complexity index is 968. The second-order valence-corrected chi connectivity index (χ2v) is 7.86. The maximum absolute atomic E-state index is 12.9. The summed E-state index contributed by atoms with van der Waals surface area (Å²) in [5.74, 6) is -1.49. The van der Waals surface area contributed by atoms with Crippen molar-refractivity contribution in [1.29, 1.82) is 0 Å². The second-order valence-electron chi connectivity index (χ2n) is 7.86. The zero-order valence-corrected chi connectivity index (χ0v) is 16.5. The lowest BCUT2D eigenvalue weighted by atomic mass is 9.89. The number of nitrogens with one attached hydrogen (secondary N) is 2. The van der Waals surface area contributed by atoms with Gasteiger partial charge in [-0.25, -0.2) is 0 Å². The molecule has 0 saturated carbocycles. The number of carbonyl (C=O) groups excluding carboxylic acids is 2. The van der Waals surface area contributed by atoms with Crippen molar-refractivity contribution in [2.45, 2.75) is 44.9 Å². The number of amides is 2. The zero-order chi connectivity index (χ0) is 21.6. The lowest BCUT2D eigenvalue weighted by Crippen LogP contribution is -2.54. The molecule has 2 atom stereocenters. The van der Waals surface area contributed by atoms with Crippen LogP contribution in [0.4, 0.5) is 13.2 Å². The third kappa shape index (κ3) is 3.74. The summed E-state index contributed by atoms with van der Waals surface area (Å²) in [7, 11) is 0. The van der Waals surface area contributed by atoms with Crippen molar-refractivity contribution in [2.24, 2.45) is 5.92 Å². The Balaban J connectivity index is 1.62. The van der Waals surface area contributed by atoms with Crippen LogP contribution in [0.5, 0.6) is 11.5 Å². The molecule has 158 valence electrons. The van der Waals surface area contributed by atoms with E-state index in [1.54, 1.807) is 0 Å². The molecule has 2 aliphatic rings. The van der Waals surface area contributed by atoms with E-state index in [1.165, 1.54) is 0 Å². The molecule has 2 heterocycles. The first kappa shape index (κ1) is 20.3. The predicted molar refractivity (Wildman–Crippen MR) is 103 cm³/mol. The van der Waals surface area contributed by atoms with Crippen LogP contribution in [0.1, 0.15) is 41.1 Å². The molecule has 30 heavy (non-hydrogen) atoms. The number of benzene rings is 2. The molecule has 2 aliphatic heterocycles. The van der Waals surface area contributed by atoms with Crippen LogP contribution >= 0.6 is 0 Å². The van der Waals surface area contributed by atoms with Crippen LogP contribution in [0, 0.1) is 19.8 Å². The smallest absolute Gasteiger partial charge is 0.408 e. The van der Waals surface area contributed by atoms with E-state index in [2.05, 4.69) is 5.32 Å². The van der Waals surface area contributed by atoms with E-state index in [4.69, 9.17) is 4.74 Å². The molecule has 2 aromatic rings. The molecule has 4 rings (SSSR count). The van der Waals surface area contributed by atoms with Crippen molar-refractivity contribution in [3.8, 4) is 11.5 Å². The van der Waals surface area contributed by atoms with Crippen molar-refractivity contribution in [1.82, 2.24) is 10.6 Å². The molecule has 0 bridgehead atoms. The number of piperidine rings is 1. The largest absolute Gasteiger partial charge is 0.457 e. The van der Waals surface area contributed by atoms with E-state index in [1.807, 2.05) is 55.6 Å². The third-order valence-corrected chi connectivity index (χ3v) is 5.55. The van der Waals surface area contributed by atoms with Crippen molar-refractivity contribution < 1.29 is 27.5 Å². The molecular weight excluding hydrogens is 397 g/mol. The molecule has 8 heteroatoms. The lowest BCUT2D eigenvalue weighted by Gasteiger charge is -2.33. The van der Waals surface area contributed by atoms with Gasteiger partial charge in [0.2, 0.25) is 11.8 Å². The monoisotopic (exact) mass is 418 g/mol. The van der Waals surface area contributed by atoms with Gasteiger partial charge in [-0.05, 0) is 51.0 Å². The molecule has 2 aromatic carbocycles. The van der Waals surface area contributed by atoms with Gasteiger partial charge in [0.25, 0.3) is 0 Å². The fourth-order valence-electron chi connectivity index (χ4n) is 3.96. The van der Waals surface area contributed by atoms with Gasteiger partial charge in [-0.1, -0.05) is 23.3 Å². The Kier molecular flexibility index (Phi) is 4.95. The molecule has 0 aliphatic carbocycles. The van der Waals surface area contributed by atoms with Gasteiger partial charge in [0.1, 0.15) is 23.5 Å². The Morgan fingerprint density at radius 1 is 1.03 bits per heavy atom. The van der Waals surface area contributed by atoms with E-state index in [0.29, 0.717) is 11.5 Å². The number of hydrogen-bond acceptors (Lipinski definition) is 3. The first-order valence-corrected chi connectivity index (χ1v) is 9.70. The highest BCUT2D eigenvalue weighted by atomic mass is 19.4. The van der Waals surface area contributed by atoms with E-state index in [-0.39, 0.29) is 12.8 Å². The minimum atomic E-state index is -4.52. The van der Waals surface area contributed by atoms with Gasteiger partial charge in [-0.3, -0.25) is 9.59 Å². The highest BCUT2D eigenvalue weighted by molar-refractivity contribution is 6.01. The normalized spacial score (nSPS) is 21.2. The third-order valence-electron chi connectivity index (χ3n) is 5.55. The van der Waals surface area contributed by atoms with E-state index in [0.717, 1.165) is 22.3 Å². The van der Waals surface area contributed by atoms with Gasteiger partial charge in [0, 0.05) is 11.1 Å². The molecule has 0 aromatic heterocycles. The first-order valence-electron chi connectivity index (χ1n) is 9.70. The van der Waals surface area contributed by atoms with Crippen molar-refractivity contribution in [3.63, 3.8) is 0 Å². The Morgan fingerprint density at radius 3 is 2.10 bits per heavy atom. The van der Waals surface area contributed by atoms with Crippen LogP contribution in [0.25, 0.3) is 0 Å². The summed E-state index contributed by atoms with van der Waals surface area (Å²) in [4.78, 5) is 25.2. The first-order chi connectivity index (χ1) is 14.1. The number of carbonyl (C=O) groups is 2. The lowest BCUT2D eigenvalue weighted by molar-refractivity contribution is -0.171. The maximum Gasteiger partial charge on any atom is 0.408 e. The summed E-state index contributed by atoms with van der Waals surface area (Å²) < 4.78 is 44.6. The minimum Gasteiger partial charge on any atom is -0.457 e. The number of hydrogen-bond donors (Lipinski definition) is 2. The summed E-state index contributed by atoms with van der Waals surface area (Å²) in [5, 5.41) is 4.81. The summed E-state index contributed by atoms with van der Waals surface area (Å²) in [5.41, 5.74) is 3.42. The Hall–Kier alpha value is -3.03. The van der Waals surface area contributed by atoms with Crippen LogP contribution in [0.15, 0.2) is 36.4 Å². The average molecular weight is 418 g/mol. The van der Waals surface area contributed by atoms with Crippen LogP contribution in [0.3, 0.4) is 0 Å². The van der Waals surface area contributed by atoms with Crippen LogP contribution in [0.2, 0.25) is 0 Å². The van der Waals surface area contributed by atoms with Crippen molar-refractivity contribution >= 4 is 11.8 Å².